The van der Waals surface area contributed by atoms with Crippen LogP contribution in [0.1, 0.15) is 58.2 Å². The van der Waals surface area contributed by atoms with Crippen LogP contribution in [-0.2, 0) is 9.53 Å². The lowest BCUT2D eigenvalue weighted by atomic mass is 9.92. The monoisotopic (exact) mass is 437 g/mol. The quantitative estimate of drug-likeness (QED) is 0.724. The summed E-state index contributed by atoms with van der Waals surface area (Å²) in [5.41, 5.74) is 1.09. The second kappa shape index (κ2) is 9.61. The third-order valence-corrected chi connectivity index (χ3v) is 6.00. The molecule has 2 amide bonds. The minimum absolute atomic E-state index is 0.172. The standard InChI is InChI=1S/C21H25F2N3O3S/c1-11-20(30-13(3)25-11)21(28)24-5-4-18-9-17(26-12(2)27)10-19(29-18)14-6-15(22)8-16(23)7-14/h6-8,17-19H,4-5,9-10H2,1-3H3,(H,24,28)(H,26,27)/t17-,18+,19+/m0/s1. The molecule has 162 valence electrons. The number of aromatic nitrogens is 1. The molecule has 9 heteroatoms. The first kappa shape index (κ1) is 22.3. The Hall–Kier alpha value is -2.39. The van der Waals surface area contributed by atoms with Gasteiger partial charge in [-0.25, -0.2) is 13.8 Å². The molecule has 1 fully saturated rings. The Morgan fingerprint density at radius 3 is 2.50 bits per heavy atom. The number of ether oxygens (including phenoxy) is 1. The molecule has 0 aliphatic carbocycles. The number of carbonyl (C=O) groups excluding carboxylic acids is 2. The Labute approximate surface area is 178 Å². The van der Waals surface area contributed by atoms with Gasteiger partial charge in [0.05, 0.1) is 22.9 Å². The molecule has 6 nitrogen and oxygen atoms in total. The van der Waals surface area contributed by atoms with Crippen molar-refractivity contribution in [2.75, 3.05) is 6.54 Å². The van der Waals surface area contributed by atoms with Crippen LogP contribution in [0.25, 0.3) is 0 Å². The first-order valence-electron chi connectivity index (χ1n) is 9.82. The molecule has 2 aromatic rings. The third kappa shape index (κ3) is 5.82. The summed E-state index contributed by atoms with van der Waals surface area (Å²) in [6, 6.07) is 3.13. The fourth-order valence-corrected chi connectivity index (χ4v) is 4.59. The van der Waals surface area contributed by atoms with Crippen molar-refractivity contribution in [3.05, 3.63) is 51.0 Å². The number of nitrogens with zero attached hydrogens (tertiary/aromatic N) is 1. The average Bonchev–Trinajstić information content (AvgIpc) is 2.98. The molecule has 2 N–H and O–H groups in total. The summed E-state index contributed by atoms with van der Waals surface area (Å²) < 4.78 is 33.4. The second-order valence-electron chi connectivity index (χ2n) is 7.51. The topological polar surface area (TPSA) is 80.3 Å². The van der Waals surface area contributed by atoms with Crippen LogP contribution in [0, 0.1) is 25.5 Å². The second-order valence-corrected chi connectivity index (χ2v) is 8.71. The zero-order valence-corrected chi connectivity index (χ0v) is 17.9. The van der Waals surface area contributed by atoms with Crippen molar-refractivity contribution in [2.45, 2.75) is 58.3 Å². The molecule has 2 heterocycles. The van der Waals surface area contributed by atoms with E-state index in [2.05, 4.69) is 15.6 Å². The maximum absolute atomic E-state index is 13.7. The molecule has 1 aliphatic heterocycles. The normalized spacial score (nSPS) is 21.3. The number of aryl methyl sites for hydroxylation is 2. The van der Waals surface area contributed by atoms with Crippen LogP contribution in [0.3, 0.4) is 0 Å². The fraction of sp³-hybridized carbons (Fsp3) is 0.476. The summed E-state index contributed by atoms with van der Waals surface area (Å²) in [6.07, 6.45) is 0.657. The highest BCUT2D eigenvalue weighted by atomic mass is 32.1. The number of thiazole rings is 1. The third-order valence-electron chi connectivity index (χ3n) is 4.93. The fourth-order valence-electron chi connectivity index (χ4n) is 3.75. The van der Waals surface area contributed by atoms with Crippen LogP contribution in [0.15, 0.2) is 18.2 Å². The van der Waals surface area contributed by atoms with Crippen LogP contribution < -0.4 is 10.6 Å². The lowest BCUT2D eigenvalue weighted by Gasteiger charge is -2.36. The Kier molecular flexibility index (Phi) is 7.14. The zero-order valence-electron chi connectivity index (χ0n) is 17.1. The van der Waals surface area contributed by atoms with E-state index < -0.39 is 17.7 Å². The van der Waals surface area contributed by atoms with Crippen LogP contribution in [0.4, 0.5) is 8.78 Å². The number of halogens is 2. The zero-order chi connectivity index (χ0) is 21.8. The Morgan fingerprint density at radius 2 is 1.90 bits per heavy atom. The van der Waals surface area contributed by atoms with E-state index in [4.69, 9.17) is 4.74 Å². The molecule has 0 radical (unpaired) electrons. The van der Waals surface area contributed by atoms with Gasteiger partial charge in [0.25, 0.3) is 5.91 Å². The minimum Gasteiger partial charge on any atom is -0.370 e. The van der Waals surface area contributed by atoms with Gasteiger partial charge in [-0.15, -0.1) is 11.3 Å². The highest BCUT2D eigenvalue weighted by molar-refractivity contribution is 7.13. The predicted molar refractivity (Wildman–Crippen MR) is 109 cm³/mol. The molecule has 1 saturated heterocycles. The van der Waals surface area contributed by atoms with E-state index in [9.17, 15) is 18.4 Å². The first-order valence-corrected chi connectivity index (χ1v) is 10.6. The molecular weight excluding hydrogens is 412 g/mol. The Balaban J connectivity index is 1.64. The van der Waals surface area contributed by atoms with Gasteiger partial charge >= 0.3 is 0 Å². The summed E-state index contributed by atoms with van der Waals surface area (Å²) in [5.74, 6) is -1.70. The summed E-state index contributed by atoms with van der Waals surface area (Å²) in [7, 11) is 0. The number of hydrogen-bond donors (Lipinski definition) is 2. The Bertz CT molecular complexity index is 914. The number of benzene rings is 1. The van der Waals surface area contributed by atoms with Crippen LogP contribution in [0.5, 0.6) is 0 Å². The number of rotatable bonds is 6. The summed E-state index contributed by atoms with van der Waals surface area (Å²) >= 11 is 1.34. The molecule has 3 atom stereocenters. The number of nitrogens with one attached hydrogen (secondary N) is 2. The molecule has 0 spiro atoms. The Morgan fingerprint density at radius 1 is 1.20 bits per heavy atom. The molecule has 30 heavy (non-hydrogen) atoms. The number of carbonyl (C=O) groups is 2. The van der Waals surface area contributed by atoms with Crippen molar-refractivity contribution in [3.63, 3.8) is 0 Å². The molecule has 0 saturated carbocycles. The van der Waals surface area contributed by atoms with Gasteiger partial charge in [-0.2, -0.15) is 0 Å². The predicted octanol–water partition coefficient (Wildman–Crippen LogP) is 3.58. The molecule has 1 aliphatic rings. The van der Waals surface area contributed by atoms with Crippen molar-refractivity contribution in [1.29, 1.82) is 0 Å². The summed E-state index contributed by atoms with van der Waals surface area (Å²) in [4.78, 5) is 28.7. The van der Waals surface area contributed by atoms with E-state index in [1.807, 2.05) is 6.92 Å². The van der Waals surface area contributed by atoms with Gasteiger partial charge in [-0.3, -0.25) is 9.59 Å². The maximum Gasteiger partial charge on any atom is 0.263 e. The van der Waals surface area contributed by atoms with Crippen molar-refractivity contribution in [3.8, 4) is 0 Å². The van der Waals surface area contributed by atoms with Crippen molar-refractivity contribution < 1.29 is 23.1 Å². The maximum atomic E-state index is 13.7. The van der Waals surface area contributed by atoms with E-state index in [-0.39, 0.29) is 24.0 Å². The molecule has 1 aromatic carbocycles. The van der Waals surface area contributed by atoms with Crippen LogP contribution in [0.2, 0.25) is 0 Å². The molecular formula is C21H25F2N3O3S. The number of amides is 2. The van der Waals surface area contributed by atoms with Crippen LogP contribution >= 0.6 is 11.3 Å². The van der Waals surface area contributed by atoms with E-state index in [0.717, 1.165) is 11.1 Å². The average molecular weight is 438 g/mol. The molecule has 1 aromatic heterocycles. The highest BCUT2D eigenvalue weighted by Gasteiger charge is 2.31. The van der Waals surface area contributed by atoms with Gasteiger partial charge in [-0.1, -0.05) is 0 Å². The van der Waals surface area contributed by atoms with Crippen molar-refractivity contribution in [2.24, 2.45) is 0 Å². The summed E-state index contributed by atoms with van der Waals surface area (Å²) in [6.45, 7) is 5.45. The van der Waals surface area contributed by atoms with Gasteiger partial charge in [0.15, 0.2) is 0 Å². The summed E-state index contributed by atoms with van der Waals surface area (Å²) in [5, 5.41) is 6.58. The van der Waals surface area contributed by atoms with Crippen molar-refractivity contribution >= 4 is 23.2 Å². The molecule has 3 rings (SSSR count). The van der Waals surface area contributed by atoms with Gasteiger partial charge in [0.2, 0.25) is 5.91 Å². The lowest BCUT2D eigenvalue weighted by Crippen LogP contribution is -2.43. The highest BCUT2D eigenvalue weighted by Crippen LogP contribution is 2.33. The van der Waals surface area contributed by atoms with Gasteiger partial charge < -0.3 is 15.4 Å². The van der Waals surface area contributed by atoms with Gasteiger partial charge in [0, 0.05) is 25.6 Å². The van der Waals surface area contributed by atoms with E-state index >= 15 is 0 Å². The van der Waals surface area contributed by atoms with E-state index in [0.29, 0.717) is 41.9 Å². The lowest BCUT2D eigenvalue weighted by molar-refractivity contribution is -0.122. The minimum atomic E-state index is -0.672. The van der Waals surface area contributed by atoms with Gasteiger partial charge in [-0.05, 0) is 50.8 Å². The van der Waals surface area contributed by atoms with E-state index in [1.54, 1.807) is 6.92 Å². The molecule has 0 unspecified atom stereocenters. The number of hydrogen-bond acceptors (Lipinski definition) is 5. The van der Waals surface area contributed by atoms with E-state index in [1.165, 1.54) is 30.4 Å². The molecule has 0 bridgehead atoms. The largest absolute Gasteiger partial charge is 0.370 e. The smallest absolute Gasteiger partial charge is 0.263 e. The first-order chi connectivity index (χ1) is 14.2. The van der Waals surface area contributed by atoms with Gasteiger partial charge in [0.1, 0.15) is 16.5 Å². The SMILES string of the molecule is CC(=O)N[C@H]1C[C@@H](CCNC(=O)c2sc(C)nc2C)O[C@@H](c2cc(F)cc(F)c2)C1. The van der Waals surface area contributed by atoms with Crippen molar-refractivity contribution in [1.82, 2.24) is 15.6 Å². The van der Waals surface area contributed by atoms with Crippen LogP contribution in [-0.4, -0.2) is 35.5 Å².